The van der Waals surface area contributed by atoms with E-state index in [0.29, 0.717) is 18.1 Å². The van der Waals surface area contributed by atoms with Gasteiger partial charge in [0.05, 0.1) is 11.0 Å². The highest BCUT2D eigenvalue weighted by atomic mass is 35.5. The van der Waals surface area contributed by atoms with Gasteiger partial charge < -0.3 is 45.8 Å². The third-order valence-corrected chi connectivity index (χ3v) is 8.45. The number of rotatable bonds is 10. The Morgan fingerprint density at radius 1 is 1.04 bits per heavy atom. The second-order valence-electron chi connectivity index (χ2n) is 11.3. The van der Waals surface area contributed by atoms with Crippen LogP contribution in [0.5, 0.6) is 17.2 Å². The number of amides is 6. The fourth-order valence-electron chi connectivity index (χ4n) is 5.49. The van der Waals surface area contributed by atoms with E-state index in [2.05, 4.69) is 16.0 Å². The van der Waals surface area contributed by atoms with Crippen LogP contribution >= 0.6 is 11.6 Å². The number of aromatic hydroxyl groups is 2. The average molecular weight is 716 g/mol. The molecule has 2 heterocycles. The number of carbonyl (C=O) groups is 5. The Morgan fingerprint density at radius 3 is 2.46 bits per heavy atom. The molecule has 0 saturated carbocycles. The third-order valence-electron chi connectivity index (χ3n) is 8.05. The van der Waals surface area contributed by atoms with Gasteiger partial charge in [-0.25, -0.2) is 28.1 Å². The third kappa shape index (κ3) is 7.35. The quantitative estimate of drug-likeness (QED) is 0.0922. The fraction of sp³-hybridized carbons (Fsp3) is 0.258. The number of nitrogens with one attached hydrogen (secondary N) is 3. The summed E-state index contributed by atoms with van der Waals surface area (Å²) < 4.78 is 34.0. The number of halogens is 3. The Balaban J connectivity index is 1.29. The number of phenolic OH excluding ortho intramolecular Hbond substituents is 2. The van der Waals surface area contributed by atoms with Crippen molar-refractivity contribution in [3.8, 4) is 17.2 Å². The first-order chi connectivity index (χ1) is 23.8. The first-order valence-corrected chi connectivity index (χ1v) is 15.5. The molecule has 0 spiro atoms. The van der Waals surface area contributed by atoms with E-state index < -0.39 is 88.1 Å². The molecule has 3 aromatic carbocycles. The summed E-state index contributed by atoms with van der Waals surface area (Å²) in [7, 11) is -1.92. The van der Waals surface area contributed by atoms with Gasteiger partial charge in [0.2, 0.25) is 5.91 Å². The van der Waals surface area contributed by atoms with Crippen molar-refractivity contribution < 1.29 is 57.8 Å². The summed E-state index contributed by atoms with van der Waals surface area (Å²) >= 11 is 6.14. The molecule has 2 aliphatic rings. The molecular formula is C31H29BClF2N5O10. The van der Waals surface area contributed by atoms with E-state index in [4.69, 9.17) is 16.3 Å². The number of nitrogens with zero attached hydrogens (tertiary/aromatic N) is 2. The van der Waals surface area contributed by atoms with Crippen LogP contribution in [0.1, 0.15) is 44.3 Å². The van der Waals surface area contributed by atoms with Crippen LogP contribution < -0.4 is 20.6 Å². The first-order valence-electron chi connectivity index (χ1n) is 15.1. The second kappa shape index (κ2) is 14.9. The SMILES string of the molecule is O=C(NCCCN1CCN(C(=O)N[C@@H](C(=O)N[C@H]2Cc3ccc(F)c(C(=O)O)c3OB2O)c2cc(F)c(O)c(O)c2Cl)C1=O)c1ccccc1. The normalized spacial score (nSPS) is 16.0. The van der Waals surface area contributed by atoms with Crippen molar-refractivity contribution in [2.24, 2.45) is 0 Å². The molecule has 15 nitrogen and oxygen atoms in total. The number of fused-ring (bicyclic) bond motifs is 1. The molecule has 6 amide bonds. The van der Waals surface area contributed by atoms with Crippen molar-refractivity contribution in [3.05, 3.63) is 87.4 Å². The lowest BCUT2D eigenvalue weighted by atomic mass is 9.72. The number of aromatic carboxylic acids is 1. The first kappa shape index (κ1) is 35.7. The number of carbonyl (C=O) groups excluding carboxylic acids is 4. The van der Waals surface area contributed by atoms with Crippen LogP contribution in [0.15, 0.2) is 48.5 Å². The Labute approximate surface area is 287 Å². The molecule has 1 saturated heterocycles. The van der Waals surface area contributed by atoms with Crippen LogP contribution in [-0.2, 0) is 11.2 Å². The molecule has 0 bridgehead atoms. The van der Waals surface area contributed by atoms with E-state index in [1.807, 2.05) is 0 Å². The number of imide groups is 1. The van der Waals surface area contributed by atoms with Gasteiger partial charge in [-0.1, -0.05) is 35.9 Å². The van der Waals surface area contributed by atoms with Gasteiger partial charge in [0.25, 0.3) is 5.91 Å². The van der Waals surface area contributed by atoms with Crippen LogP contribution in [0, 0.1) is 11.6 Å². The molecule has 2 atom stereocenters. The zero-order valence-corrected chi connectivity index (χ0v) is 26.6. The molecule has 2 aliphatic heterocycles. The van der Waals surface area contributed by atoms with Gasteiger partial charge in [-0.2, -0.15) is 0 Å². The lowest BCUT2D eigenvalue weighted by Crippen LogP contribution is -2.56. The molecule has 7 N–H and O–H groups in total. The summed E-state index contributed by atoms with van der Waals surface area (Å²) in [5.74, 6) is -9.80. The van der Waals surface area contributed by atoms with Crippen LogP contribution in [0.4, 0.5) is 18.4 Å². The smallest absolute Gasteiger partial charge is 0.534 e. The van der Waals surface area contributed by atoms with Crippen LogP contribution in [-0.4, -0.2) is 99.2 Å². The number of carboxylic acids is 1. The van der Waals surface area contributed by atoms with Crippen molar-refractivity contribution in [1.82, 2.24) is 25.8 Å². The number of hydrogen-bond acceptors (Lipinski definition) is 9. The lowest BCUT2D eigenvalue weighted by Gasteiger charge is -2.31. The lowest BCUT2D eigenvalue weighted by molar-refractivity contribution is -0.123. The maximum Gasteiger partial charge on any atom is 0.547 e. The van der Waals surface area contributed by atoms with Gasteiger partial charge in [-0.05, 0) is 42.7 Å². The molecule has 19 heteroatoms. The van der Waals surface area contributed by atoms with Gasteiger partial charge in [-0.15, -0.1) is 0 Å². The summed E-state index contributed by atoms with van der Waals surface area (Å²) in [6, 6.07) is 7.33. The molecule has 0 aromatic heterocycles. The van der Waals surface area contributed by atoms with E-state index in [0.717, 1.165) is 11.0 Å². The van der Waals surface area contributed by atoms with Crippen LogP contribution in [0.25, 0.3) is 0 Å². The predicted octanol–water partition coefficient (Wildman–Crippen LogP) is 2.18. The monoisotopic (exact) mass is 715 g/mol. The molecular weight excluding hydrogens is 687 g/mol. The summed E-state index contributed by atoms with van der Waals surface area (Å²) in [5, 5.41) is 46.7. The van der Waals surface area contributed by atoms with Crippen molar-refractivity contribution in [3.63, 3.8) is 0 Å². The van der Waals surface area contributed by atoms with Gasteiger partial charge >= 0.3 is 25.1 Å². The van der Waals surface area contributed by atoms with Crippen LogP contribution in [0.2, 0.25) is 5.02 Å². The standard InChI is InChI=1S/C31H29BClF2N5O10/c33-22-17(14-19(35)24(41)25(22)42)23(28(44)37-20-13-16-7-8-18(34)21(29(45)46)26(16)50-32(20)49)38-30(47)40-12-11-39(31(40)48)10-4-9-36-27(43)15-5-2-1-3-6-15/h1-3,5-8,14,20,23,41-42,49H,4,9-13H2,(H,36,43)(H,37,44)(H,38,47)(H,45,46)/t20-,23+/m0/s1. The van der Waals surface area contributed by atoms with E-state index >= 15 is 0 Å². The molecule has 50 heavy (non-hydrogen) atoms. The number of hydrogen-bond donors (Lipinski definition) is 7. The Morgan fingerprint density at radius 2 is 1.76 bits per heavy atom. The fourth-order valence-corrected chi connectivity index (χ4v) is 5.74. The molecule has 0 radical (unpaired) electrons. The molecule has 5 rings (SSSR count). The van der Waals surface area contributed by atoms with Gasteiger partial charge in [0.15, 0.2) is 17.3 Å². The molecule has 3 aromatic rings. The van der Waals surface area contributed by atoms with E-state index in [9.17, 15) is 53.1 Å². The minimum absolute atomic E-state index is 0.105. The maximum atomic E-state index is 14.6. The molecule has 262 valence electrons. The largest absolute Gasteiger partial charge is 0.547 e. The van der Waals surface area contributed by atoms with Gasteiger partial charge in [-0.3, -0.25) is 9.59 Å². The summed E-state index contributed by atoms with van der Waals surface area (Å²) in [6.07, 6.45) is 0.0692. The highest BCUT2D eigenvalue weighted by molar-refractivity contribution is 6.47. The number of carboxylic acid groups (broad SMARTS) is 1. The van der Waals surface area contributed by atoms with E-state index in [1.165, 1.54) is 11.0 Å². The second-order valence-corrected chi connectivity index (χ2v) is 11.7. The predicted molar refractivity (Wildman–Crippen MR) is 171 cm³/mol. The maximum absolute atomic E-state index is 14.6. The van der Waals surface area contributed by atoms with E-state index in [-0.39, 0.29) is 44.1 Å². The molecule has 0 unspecified atom stereocenters. The molecule has 1 fully saturated rings. The van der Waals surface area contributed by atoms with E-state index in [1.54, 1.807) is 30.3 Å². The van der Waals surface area contributed by atoms with Crippen molar-refractivity contribution in [1.29, 1.82) is 0 Å². The minimum atomic E-state index is -1.94. The summed E-state index contributed by atoms with van der Waals surface area (Å²) in [6.45, 7) is 0.384. The molecule has 0 aliphatic carbocycles. The minimum Gasteiger partial charge on any atom is -0.534 e. The zero-order chi connectivity index (χ0) is 36.3. The Kier molecular flexibility index (Phi) is 10.6. The van der Waals surface area contributed by atoms with Gasteiger partial charge in [0.1, 0.15) is 23.2 Å². The Hall–Kier alpha value is -5.62. The number of benzene rings is 3. The highest BCUT2D eigenvalue weighted by Gasteiger charge is 2.42. The van der Waals surface area contributed by atoms with Crippen molar-refractivity contribution in [2.75, 3.05) is 26.2 Å². The zero-order valence-electron chi connectivity index (χ0n) is 25.9. The average Bonchev–Trinajstić information content (AvgIpc) is 3.46. The van der Waals surface area contributed by atoms with Crippen LogP contribution in [0.3, 0.4) is 0 Å². The van der Waals surface area contributed by atoms with Crippen molar-refractivity contribution in [2.45, 2.75) is 24.8 Å². The highest BCUT2D eigenvalue weighted by Crippen LogP contribution is 2.40. The topological polar surface area (TPSA) is 218 Å². The van der Waals surface area contributed by atoms with Crippen molar-refractivity contribution >= 4 is 48.6 Å². The number of phenols is 2. The summed E-state index contributed by atoms with van der Waals surface area (Å²) in [4.78, 5) is 66.1. The van der Waals surface area contributed by atoms with Gasteiger partial charge in [0, 0.05) is 37.3 Å². The summed E-state index contributed by atoms with van der Waals surface area (Å²) in [5.41, 5.74) is -0.802. The number of urea groups is 2. The Bertz CT molecular complexity index is 1860.